The number of aromatic nitrogens is 3. The lowest BCUT2D eigenvalue weighted by Crippen LogP contribution is -2.36. The lowest BCUT2D eigenvalue weighted by molar-refractivity contribution is 0.411. The van der Waals surface area contributed by atoms with Crippen molar-refractivity contribution >= 4 is 17.5 Å². The van der Waals surface area contributed by atoms with E-state index in [4.69, 9.17) is 17.3 Å². The van der Waals surface area contributed by atoms with E-state index in [1.807, 2.05) is 19.1 Å². The molecule has 0 bridgehead atoms. The van der Waals surface area contributed by atoms with Gasteiger partial charge in [0, 0.05) is 23.7 Å². The van der Waals surface area contributed by atoms with Gasteiger partial charge in [0.1, 0.15) is 0 Å². The Bertz CT molecular complexity index is 596. The van der Waals surface area contributed by atoms with Crippen LogP contribution in [0.5, 0.6) is 0 Å². The molecule has 1 aliphatic heterocycles. The first-order chi connectivity index (χ1) is 10.2. The highest BCUT2D eigenvalue weighted by molar-refractivity contribution is 6.30. The minimum Gasteiger partial charge on any atom is -0.340 e. The summed E-state index contributed by atoms with van der Waals surface area (Å²) >= 11 is 6.10. The van der Waals surface area contributed by atoms with Crippen molar-refractivity contribution < 1.29 is 0 Å². The quantitative estimate of drug-likeness (QED) is 0.914. The summed E-state index contributed by atoms with van der Waals surface area (Å²) in [6, 6.07) is 5.89. The largest absolute Gasteiger partial charge is 0.340 e. The highest BCUT2D eigenvalue weighted by atomic mass is 35.5. The van der Waals surface area contributed by atoms with Crippen LogP contribution in [0.15, 0.2) is 18.2 Å². The number of aryl methyl sites for hydroxylation is 1. The van der Waals surface area contributed by atoms with Gasteiger partial charge in [-0.15, -0.1) is 5.10 Å². The summed E-state index contributed by atoms with van der Waals surface area (Å²) in [5.74, 6) is 2.16. The Balaban J connectivity index is 1.77. The Morgan fingerprint density at radius 3 is 2.76 bits per heavy atom. The van der Waals surface area contributed by atoms with Crippen LogP contribution >= 0.6 is 11.6 Å². The number of benzene rings is 1. The van der Waals surface area contributed by atoms with E-state index in [0.29, 0.717) is 10.9 Å². The molecule has 2 aromatic rings. The number of anilines is 1. The fourth-order valence-corrected chi connectivity index (χ4v) is 3.05. The molecule has 0 radical (unpaired) electrons. The predicted molar refractivity (Wildman–Crippen MR) is 85.6 cm³/mol. The van der Waals surface area contributed by atoms with Crippen molar-refractivity contribution in [3.05, 3.63) is 28.8 Å². The maximum atomic E-state index is 6.10. The van der Waals surface area contributed by atoms with Crippen LogP contribution in [0.1, 0.15) is 18.4 Å². The highest BCUT2D eigenvalue weighted by Crippen LogP contribution is 2.25. The van der Waals surface area contributed by atoms with Gasteiger partial charge in [-0.2, -0.15) is 4.98 Å². The van der Waals surface area contributed by atoms with Crippen molar-refractivity contribution in [2.75, 3.05) is 24.5 Å². The first kappa shape index (κ1) is 14.4. The summed E-state index contributed by atoms with van der Waals surface area (Å²) in [6.07, 6.45) is 2.22. The maximum absolute atomic E-state index is 6.10. The second-order valence-corrected chi connectivity index (χ2v) is 6.10. The molecule has 112 valence electrons. The average molecular weight is 306 g/mol. The number of rotatable bonds is 3. The van der Waals surface area contributed by atoms with E-state index in [2.05, 4.69) is 26.1 Å². The number of hydrogen-bond acceptors (Lipinski definition) is 4. The van der Waals surface area contributed by atoms with Gasteiger partial charge in [0.05, 0.1) is 0 Å². The summed E-state index contributed by atoms with van der Waals surface area (Å²) in [4.78, 5) is 6.82. The molecule has 1 aliphatic rings. The summed E-state index contributed by atoms with van der Waals surface area (Å²) in [5, 5.41) is 8.07. The van der Waals surface area contributed by atoms with E-state index in [9.17, 15) is 0 Å². The van der Waals surface area contributed by atoms with Crippen molar-refractivity contribution in [2.24, 2.45) is 11.7 Å². The third-order valence-electron chi connectivity index (χ3n) is 4.02. The van der Waals surface area contributed by atoms with Crippen LogP contribution in [0, 0.1) is 12.8 Å². The molecule has 1 saturated heterocycles. The molecule has 1 fully saturated rings. The lowest BCUT2D eigenvalue weighted by atomic mass is 9.97. The lowest BCUT2D eigenvalue weighted by Gasteiger charge is -2.30. The van der Waals surface area contributed by atoms with Crippen molar-refractivity contribution in [1.29, 1.82) is 0 Å². The fraction of sp³-hybridized carbons (Fsp3) is 0.467. The van der Waals surface area contributed by atoms with Crippen molar-refractivity contribution in [2.45, 2.75) is 19.8 Å². The molecule has 1 aromatic carbocycles. The summed E-state index contributed by atoms with van der Waals surface area (Å²) in [6.45, 7) is 4.72. The van der Waals surface area contributed by atoms with Crippen LogP contribution in [-0.4, -0.2) is 34.8 Å². The average Bonchev–Trinajstić information content (AvgIpc) is 2.96. The minimum absolute atomic E-state index is 0.634. The molecule has 3 N–H and O–H groups in total. The monoisotopic (exact) mass is 305 g/mol. The van der Waals surface area contributed by atoms with Crippen LogP contribution in [0.25, 0.3) is 11.4 Å². The maximum Gasteiger partial charge on any atom is 0.245 e. The van der Waals surface area contributed by atoms with Gasteiger partial charge in [0.25, 0.3) is 0 Å². The van der Waals surface area contributed by atoms with Crippen LogP contribution in [-0.2, 0) is 0 Å². The number of halogens is 1. The third-order valence-corrected chi connectivity index (χ3v) is 4.24. The standard InChI is InChI=1S/C15H20ClN5/c1-10-6-12(8-13(16)7-10)14-18-15(20-19-14)21-4-2-11(9-17)3-5-21/h6-8,11H,2-5,9,17H2,1H3,(H,18,19,20). The Hall–Kier alpha value is -1.59. The second kappa shape index (κ2) is 6.03. The predicted octanol–water partition coefficient (Wildman–Crippen LogP) is 2.61. The Kier molecular flexibility index (Phi) is 4.12. The molecular weight excluding hydrogens is 286 g/mol. The molecule has 0 unspecified atom stereocenters. The zero-order valence-electron chi connectivity index (χ0n) is 12.1. The smallest absolute Gasteiger partial charge is 0.245 e. The first-order valence-electron chi connectivity index (χ1n) is 7.30. The Morgan fingerprint density at radius 2 is 2.10 bits per heavy atom. The van der Waals surface area contributed by atoms with Gasteiger partial charge in [-0.3, -0.25) is 5.10 Å². The van der Waals surface area contributed by atoms with Crippen LogP contribution in [0.3, 0.4) is 0 Å². The van der Waals surface area contributed by atoms with E-state index in [-0.39, 0.29) is 0 Å². The number of H-pyrrole nitrogens is 1. The van der Waals surface area contributed by atoms with Gasteiger partial charge < -0.3 is 10.6 Å². The summed E-state index contributed by atoms with van der Waals surface area (Å²) in [7, 11) is 0. The molecule has 1 aromatic heterocycles. The number of nitrogens with zero attached hydrogens (tertiary/aromatic N) is 3. The molecule has 6 heteroatoms. The number of piperidine rings is 1. The Labute approximate surface area is 129 Å². The number of nitrogens with one attached hydrogen (secondary N) is 1. The summed E-state index contributed by atoms with van der Waals surface area (Å²) < 4.78 is 0. The molecule has 0 aliphatic carbocycles. The van der Waals surface area contributed by atoms with Crippen molar-refractivity contribution in [1.82, 2.24) is 15.2 Å². The van der Waals surface area contributed by atoms with Gasteiger partial charge in [0.15, 0.2) is 5.82 Å². The van der Waals surface area contributed by atoms with E-state index >= 15 is 0 Å². The molecule has 0 atom stereocenters. The van der Waals surface area contributed by atoms with Crippen molar-refractivity contribution in [3.63, 3.8) is 0 Å². The van der Waals surface area contributed by atoms with Gasteiger partial charge in [-0.05, 0) is 56.0 Å². The Morgan fingerprint density at radius 1 is 1.33 bits per heavy atom. The fourth-order valence-electron chi connectivity index (χ4n) is 2.77. The molecule has 21 heavy (non-hydrogen) atoms. The van der Waals surface area contributed by atoms with E-state index in [1.54, 1.807) is 0 Å². The third kappa shape index (κ3) is 3.19. The number of nitrogens with two attached hydrogens (primary N) is 1. The van der Waals surface area contributed by atoms with E-state index in [1.165, 1.54) is 0 Å². The second-order valence-electron chi connectivity index (χ2n) is 5.67. The van der Waals surface area contributed by atoms with Gasteiger partial charge in [-0.25, -0.2) is 0 Å². The molecule has 2 heterocycles. The topological polar surface area (TPSA) is 70.8 Å². The van der Waals surface area contributed by atoms with E-state index in [0.717, 1.165) is 55.4 Å². The van der Waals surface area contributed by atoms with Crippen LogP contribution < -0.4 is 10.6 Å². The van der Waals surface area contributed by atoms with Crippen LogP contribution in [0.4, 0.5) is 5.95 Å². The van der Waals surface area contributed by atoms with Crippen LogP contribution in [0.2, 0.25) is 5.02 Å². The van der Waals surface area contributed by atoms with Crippen molar-refractivity contribution in [3.8, 4) is 11.4 Å². The molecular formula is C15H20ClN5. The summed E-state index contributed by atoms with van der Waals surface area (Å²) in [5.41, 5.74) is 7.81. The molecule has 0 saturated carbocycles. The number of hydrogen-bond donors (Lipinski definition) is 2. The zero-order valence-corrected chi connectivity index (χ0v) is 12.9. The molecule has 3 rings (SSSR count). The normalized spacial score (nSPS) is 16.4. The minimum atomic E-state index is 0.634. The molecule has 0 spiro atoms. The van der Waals surface area contributed by atoms with Gasteiger partial charge in [-0.1, -0.05) is 11.6 Å². The SMILES string of the molecule is Cc1cc(Cl)cc(-c2nc(N3CCC(CN)CC3)n[nH]2)c1. The van der Waals surface area contributed by atoms with E-state index < -0.39 is 0 Å². The van der Waals surface area contributed by atoms with Gasteiger partial charge >= 0.3 is 0 Å². The highest BCUT2D eigenvalue weighted by Gasteiger charge is 2.21. The molecule has 5 nitrogen and oxygen atoms in total. The first-order valence-corrected chi connectivity index (χ1v) is 7.68. The zero-order chi connectivity index (χ0) is 14.8. The number of aromatic amines is 1. The molecule has 0 amide bonds. The van der Waals surface area contributed by atoms with Gasteiger partial charge in [0.2, 0.25) is 5.95 Å².